The minimum Gasteiger partial charge on any atom is -0.352 e. The average Bonchev–Trinajstić information content (AvgIpc) is 3.16. The Balaban J connectivity index is 1.21. The number of carbonyl (C=O) groups excluding carboxylic acids is 1. The molecule has 5 nitrogen and oxygen atoms in total. The predicted molar refractivity (Wildman–Crippen MR) is 120 cm³/mol. The van der Waals surface area contributed by atoms with Gasteiger partial charge in [-0.15, -0.1) is 10.2 Å². The number of rotatable bonds is 6. The quantitative estimate of drug-likeness (QED) is 0.683. The molecule has 160 valence electrons. The summed E-state index contributed by atoms with van der Waals surface area (Å²) in [6, 6.07) is 6.58. The van der Waals surface area contributed by atoms with Crippen molar-refractivity contribution >= 4 is 17.7 Å². The first kappa shape index (κ1) is 20.1. The molecule has 0 radical (unpaired) electrons. The molecule has 2 aromatic rings. The fourth-order valence-corrected chi connectivity index (χ4v) is 7.39. The van der Waals surface area contributed by atoms with Gasteiger partial charge >= 0.3 is 0 Å². The fraction of sp³-hybridized carbons (Fsp3) is 0.625. The van der Waals surface area contributed by atoms with Crippen LogP contribution in [0.15, 0.2) is 29.7 Å². The molecular weight excluding hydrogens is 392 g/mol. The Bertz CT molecular complexity index is 917. The van der Waals surface area contributed by atoms with Crippen LogP contribution in [0.2, 0.25) is 0 Å². The van der Waals surface area contributed by atoms with Crippen LogP contribution >= 0.6 is 11.8 Å². The van der Waals surface area contributed by atoms with Crippen LogP contribution in [0.1, 0.15) is 56.6 Å². The van der Waals surface area contributed by atoms with E-state index in [1.165, 1.54) is 61.4 Å². The van der Waals surface area contributed by atoms with E-state index in [9.17, 15) is 4.79 Å². The summed E-state index contributed by atoms with van der Waals surface area (Å²) < 4.78 is 1.97. The maximum Gasteiger partial charge on any atom is 0.230 e. The highest BCUT2D eigenvalue weighted by Crippen LogP contribution is 2.61. The van der Waals surface area contributed by atoms with Gasteiger partial charge in [-0.2, -0.15) is 0 Å². The van der Waals surface area contributed by atoms with Gasteiger partial charge in [-0.1, -0.05) is 17.8 Å². The van der Waals surface area contributed by atoms with E-state index in [1.54, 1.807) is 6.33 Å². The first-order chi connectivity index (χ1) is 14.4. The largest absolute Gasteiger partial charge is 0.352 e. The summed E-state index contributed by atoms with van der Waals surface area (Å²) in [5.41, 5.74) is 3.88. The van der Waals surface area contributed by atoms with E-state index in [0.29, 0.717) is 11.2 Å². The summed E-state index contributed by atoms with van der Waals surface area (Å²) >= 11 is 1.46. The number of hydrogen-bond donors (Lipinski definition) is 1. The molecule has 6 heteroatoms. The molecule has 4 bridgehead atoms. The van der Waals surface area contributed by atoms with Crippen molar-refractivity contribution in [3.05, 3.63) is 35.7 Å². The van der Waals surface area contributed by atoms with Crippen LogP contribution in [0.25, 0.3) is 5.69 Å². The fourth-order valence-electron chi connectivity index (χ4n) is 6.65. The van der Waals surface area contributed by atoms with E-state index in [0.717, 1.165) is 28.6 Å². The van der Waals surface area contributed by atoms with Crippen LogP contribution in [-0.4, -0.2) is 32.5 Å². The molecule has 0 spiro atoms. The van der Waals surface area contributed by atoms with Crippen molar-refractivity contribution in [2.45, 2.75) is 70.5 Å². The second kappa shape index (κ2) is 7.70. The van der Waals surface area contributed by atoms with Gasteiger partial charge in [-0.25, -0.2) is 0 Å². The van der Waals surface area contributed by atoms with E-state index >= 15 is 0 Å². The highest BCUT2D eigenvalue weighted by Gasteiger charge is 2.53. The minimum absolute atomic E-state index is 0.109. The molecule has 4 fully saturated rings. The third-order valence-electron chi connectivity index (χ3n) is 8.00. The molecule has 1 N–H and O–H groups in total. The number of hydrogen-bond acceptors (Lipinski definition) is 4. The standard InChI is InChI=1S/C24H32N4OS/c1-15-4-5-21(6-16(15)2)28-14-25-27-23(28)30-13-22(29)26-17(3)24-10-18-7-19(11-24)9-20(8-18)12-24/h4-6,14,17-20H,7-13H2,1-3H3,(H,26,29). The number of amides is 1. The molecule has 1 aromatic heterocycles. The molecule has 0 aliphatic heterocycles. The van der Waals surface area contributed by atoms with Gasteiger partial charge in [0, 0.05) is 11.7 Å². The first-order valence-corrected chi connectivity index (χ1v) is 12.3. The molecular formula is C24H32N4OS. The van der Waals surface area contributed by atoms with Crippen LogP contribution in [-0.2, 0) is 4.79 Å². The number of aryl methyl sites for hydroxylation is 2. The zero-order valence-electron chi connectivity index (χ0n) is 18.2. The molecule has 1 amide bonds. The first-order valence-electron chi connectivity index (χ1n) is 11.3. The van der Waals surface area contributed by atoms with Crippen molar-refractivity contribution in [3.63, 3.8) is 0 Å². The maximum absolute atomic E-state index is 12.8. The number of benzene rings is 1. The molecule has 4 aliphatic rings. The molecule has 6 rings (SSSR count). The van der Waals surface area contributed by atoms with Crippen LogP contribution in [0.4, 0.5) is 0 Å². The lowest BCUT2D eigenvalue weighted by Gasteiger charge is -2.59. The van der Waals surface area contributed by atoms with Gasteiger partial charge in [0.15, 0.2) is 5.16 Å². The van der Waals surface area contributed by atoms with E-state index in [2.05, 4.69) is 54.5 Å². The average molecular weight is 425 g/mol. The van der Waals surface area contributed by atoms with Crippen molar-refractivity contribution in [2.75, 3.05) is 5.75 Å². The lowest BCUT2D eigenvalue weighted by Crippen LogP contribution is -2.56. The van der Waals surface area contributed by atoms with Crippen LogP contribution in [0.3, 0.4) is 0 Å². The summed E-state index contributed by atoms with van der Waals surface area (Å²) in [4.78, 5) is 12.8. The summed E-state index contributed by atoms with van der Waals surface area (Å²) in [5.74, 6) is 3.20. The summed E-state index contributed by atoms with van der Waals surface area (Å²) in [7, 11) is 0. The van der Waals surface area contributed by atoms with E-state index < -0.39 is 0 Å². The highest BCUT2D eigenvalue weighted by molar-refractivity contribution is 7.99. The summed E-state index contributed by atoms with van der Waals surface area (Å²) in [6.45, 7) is 6.46. The molecule has 1 unspecified atom stereocenters. The normalized spacial score (nSPS) is 30.4. The second-order valence-electron chi connectivity index (χ2n) is 10.1. The molecule has 4 aliphatic carbocycles. The van der Waals surface area contributed by atoms with Crippen molar-refractivity contribution in [1.29, 1.82) is 0 Å². The maximum atomic E-state index is 12.8. The Labute approximate surface area is 183 Å². The van der Waals surface area contributed by atoms with Gasteiger partial charge in [-0.05, 0) is 106 Å². The number of aromatic nitrogens is 3. The molecule has 1 heterocycles. The summed E-state index contributed by atoms with van der Waals surface area (Å²) in [5, 5.41) is 12.4. The smallest absolute Gasteiger partial charge is 0.230 e. The number of carbonyl (C=O) groups is 1. The minimum atomic E-state index is 0.109. The Hall–Kier alpha value is -1.82. The van der Waals surface area contributed by atoms with Gasteiger partial charge in [0.05, 0.1) is 5.75 Å². The van der Waals surface area contributed by atoms with E-state index in [1.807, 2.05) is 4.57 Å². The van der Waals surface area contributed by atoms with Crippen LogP contribution in [0, 0.1) is 37.0 Å². The van der Waals surface area contributed by atoms with Gasteiger partial charge < -0.3 is 5.32 Å². The zero-order valence-corrected chi connectivity index (χ0v) is 19.0. The molecule has 30 heavy (non-hydrogen) atoms. The topological polar surface area (TPSA) is 59.8 Å². The molecule has 4 saturated carbocycles. The SMILES string of the molecule is Cc1ccc(-n2cnnc2SCC(=O)NC(C)C23CC4CC(CC(C4)C2)C3)cc1C. The Morgan fingerprint density at radius 3 is 2.47 bits per heavy atom. The predicted octanol–water partition coefficient (Wildman–Crippen LogP) is 4.70. The Kier molecular flexibility index (Phi) is 5.16. The van der Waals surface area contributed by atoms with Gasteiger partial charge in [0.1, 0.15) is 6.33 Å². The molecule has 0 saturated heterocycles. The van der Waals surface area contributed by atoms with Gasteiger partial charge in [0.2, 0.25) is 5.91 Å². The number of nitrogens with one attached hydrogen (secondary N) is 1. The van der Waals surface area contributed by atoms with Crippen molar-refractivity contribution in [3.8, 4) is 5.69 Å². The Morgan fingerprint density at radius 2 is 1.83 bits per heavy atom. The van der Waals surface area contributed by atoms with E-state index in [-0.39, 0.29) is 11.9 Å². The zero-order chi connectivity index (χ0) is 20.9. The third kappa shape index (κ3) is 3.68. The van der Waals surface area contributed by atoms with E-state index in [4.69, 9.17) is 0 Å². The molecule has 1 atom stereocenters. The van der Waals surface area contributed by atoms with Crippen LogP contribution < -0.4 is 5.32 Å². The van der Waals surface area contributed by atoms with Crippen molar-refractivity contribution in [2.24, 2.45) is 23.2 Å². The van der Waals surface area contributed by atoms with Gasteiger partial charge in [-0.3, -0.25) is 9.36 Å². The molecule has 1 aromatic carbocycles. The third-order valence-corrected chi connectivity index (χ3v) is 8.94. The Morgan fingerprint density at radius 1 is 1.17 bits per heavy atom. The van der Waals surface area contributed by atoms with Crippen molar-refractivity contribution < 1.29 is 4.79 Å². The van der Waals surface area contributed by atoms with Crippen molar-refractivity contribution in [1.82, 2.24) is 20.1 Å². The monoisotopic (exact) mass is 424 g/mol. The van der Waals surface area contributed by atoms with Gasteiger partial charge in [0.25, 0.3) is 0 Å². The number of nitrogens with zero attached hydrogens (tertiary/aromatic N) is 3. The summed E-state index contributed by atoms with van der Waals surface area (Å²) in [6.07, 6.45) is 9.97. The lowest BCUT2D eigenvalue weighted by atomic mass is 9.48. The number of thioether (sulfide) groups is 1. The van der Waals surface area contributed by atoms with Crippen LogP contribution in [0.5, 0.6) is 0 Å². The second-order valence-corrected chi connectivity index (χ2v) is 11.1. The lowest BCUT2D eigenvalue weighted by molar-refractivity contribution is -0.123. The highest BCUT2D eigenvalue weighted by atomic mass is 32.2.